The Hall–Kier alpha value is -1.94. The lowest BCUT2D eigenvalue weighted by Crippen LogP contribution is -2.30. The fraction of sp³-hybridized carbons (Fsp3) is 0.947. The maximum atomic E-state index is 13.1. The largest absolute Gasteiger partial charge is 0.472 e. The van der Waals surface area contributed by atoms with Gasteiger partial charge in [-0.3, -0.25) is 37.3 Å². The minimum absolute atomic E-state index is 0.105. The summed E-state index contributed by atoms with van der Waals surface area (Å²) in [5.41, 5.74) is 0. The molecule has 0 radical (unpaired) electrons. The molecule has 0 spiro atoms. The molecule has 5 atom stereocenters. The third kappa shape index (κ3) is 70.3. The topological polar surface area (TPSA) is 237 Å². The van der Waals surface area contributed by atoms with Crippen molar-refractivity contribution in [3.63, 3.8) is 0 Å². The van der Waals surface area contributed by atoms with Crippen molar-refractivity contribution >= 4 is 39.5 Å². The Balaban J connectivity index is 5.25. The van der Waals surface area contributed by atoms with Gasteiger partial charge in [-0.1, -0.05) is 331 Å². The molecule has 0 aromatic heterocycles. The van der Waals surface area contributed by atoms with Crippen LogP contribution in [0.5, 0.6) is 0 Å². The Morgan fingerprint density at radius 3 is 0.653 bits per heavy atom. The summed E-state index contributed by atoms with van der Waals surface area (Å²) in [6.45, 7) is 14.2. The molecule has 0 rings (SSSR count). The maximum absolute atomic E-state index is 13.1. The van der Waals surface area contributed by atoms with Gasteiger partial charge in [0.1, 0.15) is 19.3 Å². The summed E-state index contributed by atoms with van der Waals surface area (Å²) in [6.07, 6.45) is 50.0. The number of phosphoric ester groups is 2. The highest BCUT2D eigenvalue weighted by atomic mass is 31.2. The molecule has 0 saturated heterocycles. The van der Waals surface area contributed by atoms with Crippen molar-refractivity contribution in [1.82, 2.24) is 0 Å². The van der Waals surface area contributed by atoms with E-state index in [1.165, 1.54) is 186 Å². The van der Waals surface area contributed by atoms with E-state index in [1.807, 2.05) is 0 Å². The van der Waals surface area contributed by atoms with Gasteiger partial charge < -0.3 is 33.8 Å². The number of aliphatic hydroxyl groups is 1. The standard InChI is InChI=1S/C76H148O17P2/c1-66(2)52-44-36-28-20-15-12-10-9-11-13-17-23-34-42-50-58-75(80)92-71(62-86-73(78)56-48-40-32-25-19-22-30-38-46-54-68(5)6)64-90-94(82,83)88-60-70(77)61-89-95(84,85)91-65-72(63-87-74(79)57-49-41-33-27-26-31-39-47-55-69(7)8)93-76(81)59-51-43-35-24-18-14-16-21-29-37-45-53-67(3)4/h66-72,77H,9-65H2,1-8H3,(H,82,83)(H,84,85)/t70?,71-,72-/m1/s1. The van der Waals surface area contributed by atoms with Gasteiger partial charge in [-0.2, -0.15) is 0 Å². The Bertz CT molecular complexity index is 1870. The van der Waals surface area contributed by atoms with Crippen LogP contribution in [0.3, 0.4) is 0 Å². The number of unbranched alkanes of at least 4 members (excludes halogenated alkanes) is 39. The van der Waals surface area contributed by atoms with E-state index in [4.69, 9.17) is 37.0 Å². The molecule has 0 amide bonds. The first-order valence-corrected chi connectivity index (χ1v) is 42.2. The Kier molecular flexibility index (Phi) is 64.0. The molecule has 19 heteroatoms. The number of phosphoric acid groups is 2. The average Bonchev–Trinajstić information content (AvgIpc) is 1.46. The minimum atomic E-state index is -4.96. The molecule has 0 aromatic rings. The van der Waals surface area contributed by atoms with Crippen LogP contribution in [0, 0.1) is 23.7 Å². The van der Waals surface area contributed by atoms with Crippen molar-refractivity contribution in [3.05, 3.63) is 0 Å². The van der Waals surface area contributed by atoms with Crippen molar-refractivity contribution in [2.45, 2.75) is 401 Å². The fourth-order valence-electron chi connectivity index (χ4n) is 11.6. The second-order valence-corrected chi connectivity index (χ2v) is 32.2. The normalized spacial score (nSPS) is 14.1. The van der Waals surface area contributed by atoms with Crippen LogP contribution in [-0.4, -0.2) is 96.7 Å². The van der Waals surface area contributed by atoms with Crippen molar-refractivity contribution in [1.29, 1.82) is 0 Å². The summed E-state index contributed by atoms with van der Waals surface area (Å²) < 4.78 is 68.5. The van der Waals surface area contributed by atoms with Crippen LogP contribution in [-0.2, 0) is 65.4 Å². The molecule has 95 heavy (non-hydrogen) atoms. The predicted octanol–water partition coefficient (Wildman–Crippen LogP) is 22.0. The molecule has 0 heterocycles. The smallest absolute Gasteiger partial charge is 0.462 e. The lowest BCUT2D eigenvalue weighted by Gasteiger charge is -2.21. The quantitative estimate of drug-likeness (QED) is 0.0222. The third-order valence-corrected chi connectivity index (χ3v) is 19.5. The molecule has 0 fully saturated rings. The zero-order valence-electron chi connectivity index (χ0n) is 62.3. The molecule has 0 aliphatic rings. The zero-order chi connectivity index (χ0) is 70.3. The van der Waals surface area contributed by atoms with E-state index < -0.39 is 97.5 Å². The molecule has 17 nitrogen and oxygen atoms in total. The first kappa shape index (κ1) is 93.1. The molecule has 0 aliphatic heterocycles. The Morgan fingerprint density at radius 1 is 0.263 bits per heavy atom. The molecule has 3 unspecified atom stereocenters. The van der Waals surface area contributed by atoms with E-state index >= 15 is 0 Å². The number of carbonyl (C=O) groups excluding carboxylic acids is 4. The molecule has 564 valence electrons. The van der Waals surface area contributed by atoms with Crippen molar-refractivity contribution in [2.75, 3.05) is 39.6 Å². The highest BCUT2D eigenvalue weighted by molar-refractivity contribution is 7.47. The van der Waals surface area contributed by atoms with Crippen LogP contribution in [0.25, 0.3) is 0 Å². The molecule has 0 aliphatic carbocycles. The lowest BCUT2D eigenvalue weighted by atomic mass is 10.0. The van der Waals surface area contributed by atoms with Gasteiger partial charge in [0.15, 0.2) is 12.2 Å². The Morgan fingerprint density at radius 2 is 0.442 bits per heavy atom. The van der Waals surface area contributed by atoms with Crippen LogP contribution < -0.4 is 0 Å². The molecule has 0 saturated carbocycles. The van der Waals surface area contributed by atoms with Crippen LogP contribution >= 0.6 is 15.6 Å². The number of hydrogen-bond acceptors (Lipinski definition) is 15. The Labute approximate surface area is 581 Å². The second-order valence-electron chi connectivity index (χ2n) is 29.3. The summed E-state index contributed by atoms with van der Waals surface area (Å²) in [6, 6.07) is 0. The van der Waals surface area contributed by atoms with E-state index in [1.54, 1.807) is 0 Å². The summed E-state index contributed by atoms with van der Waals surface area (Å²) in [5.74, 6) is 0.917. The first-order valence-electron chi connectivity index (χ1n) is 39.2. The predicted molar refractivity (Wildman–Crippen MR) is 386 cm³/mol. The van der Waals surface area contributed by atoms with E-state index in [0.29, 0.717) is 25.7 Å². The number of ether oxygens (including phenoxy) is 4. The van der Waals surface area contributed by atoms with Crippen LogP contribution in [0.4, 0.5) is 0 Å². The van der Waals surface area contributed by atoms with E-state index in [-0.39, 0.29) is 25.7 Å². The molecular weight excluding hydrogens is 1250 g/mol. The average molecular weight is 1400 g/mol. The van der Waals surface area contributed by atoms with Gasteiger partial charge in [-0.05, 0) is 49.4 Å². The van der Waals surface area contributed by atoms with E-state index in [9.17, 15) is 43.2 Å². The minimum Gasteiger partial charge on any atom is -0.462 e. The number of esters is 4. The number of aliphatic hydroxyl groups excluding tert-OH is 1. The van der Waals surface area contributed by atoms with Crippen molar-refractivity contribution < 1.29 is 80.2 Å². The van der Waals surface area contributed by atoms with Gasteiger partial charge in [0, 0.05) is 25.7 Å². The number of rotatable bonds is 73. The molecular formula is C76H148O17P2. The summed E-state index contributed by atoms with van der Waals surface area (Å²) >= 11 is 0. The summed E-state index contributed by atoms with van der Waals surface area (Å²) in [7, 11) is -9.91. The third-order valence-electron chi connectivity index (χ3n) is 17.6. The highest BCUT2D eigenvalue weighted by Gasteiger charge is 2.30. The maximum Gasteiger partial charge on any atom is 0.472 e. The van der Waals surface area contributed by atoms with Crippen molar-refractivity contribution in [2.24, 2.45) is 23.7 Å². The first-order chi connectivity index (χ1) is 45.6. The van der Waals surface area contributed by atoms with E-state index in [0.717, 1.165) is 114 Å². The molecule has 0 bridgehead atoms. The lowest BCUT2D eigenvalue weighted by molar-refractivity contribution is -0.161. The molecule has 3 N–H and O–H groups in total. The van der Waals surface area contributed by atoms with Gasteiger partial charge in [-0.25, -0.2) is 9.13 Å². The number of hydrogen-bond donors (Lipinski definition) is 3. The molecule has 0 aromatic carbocycles. The van der Waals surface area contributed by atoms with Gasteiger partial charge in [-0.15, -0.1) is 0 Å². The number of carbonyl (C=O) groups is 4. The second kappa shape index (κ2) is 65.4. The van der Waals surface area contributed by atoms with E-state index in [2.05, 4.69) is 55.4 Å². The monoisotopic (exact) mass is 1400 g/mol. The zero-order valence-corrected chi connectivity index (χ0v) is 64.1. The van der Waals surface area contributed by atoms with Crippen LogP contribution in [0.15, 0.2) is 0 Å². The summed E-state index contributed by atoms with van der Waals surface area (Å²) in [4.78, 5) is 72.8. The van der Waals surface area contributed by atoms with Crippen LogP contribution in [0.1, 0.15) is 383 Å². The highest BCUT2D eigenvalue weighted by Crippen LogP contribution is 2.45. The van der Waals surface area contributed by atoms with Gasteiger partial charge in [0.2, 0.25) is 0 Å². The van der Waals surface area contributed by atoms with Crippen molar-refractivity contribution in [3.8, 4) is 0 Å². The van der Waals surface area contributed by atoms with Gasteiger partial charge >= 0.3 is 39.5 Å². The fourth-order valence-corrected chi connectivity index (χ4v) is 13.1. The summed E-state index contributed by atoms with van der Waals surface area (Å²) in [5, 5.41) is 10.6. The SMILES string of the molecule is CC(C)CCCCCCCCCCCCCCCCCC(=O)O[C@H](COC(=O)CCCCCCCCCCCC(C)C)COP(=O)(O)OCC(O)COP(=O)(O)OC[C@@H](COC(=O)CCCCCCCCCCC(C)C)OC(=O)CCCCCCCCCCCCCC(C)C. The van der Waals surface area contributed by atoms with Gasteiger partial charge in [0.05, 0.1) is 26.4 Å². The van der Waals surface area contributed by atoms with Crippen LogP contribution in [0.2, 0.25) is 0 Å². The van der Waals surface area contributed by atoms with Gasteiger partial charge in [0.25, 0.3) is 0 Å².